The summed E-state index contributed by atoms with van der Waals surface area (Å²) < 4.78 is 26.2. The van der Waals surface area contributed by atoms with Gasteiger partial charge in [-0.05, 0) is 19.1 Å². The first-order valence-corrected chi connectivity index (χ1v) is 8.83. The Kier molecular flexibility index (Phi) is 4.56. The average Bonchev–Trinajstić information content (AvgIpc) is 2.75. The van der Waals surface area contributed by atoms with E-state index in [-0.39, 0.29) is 20.7 Å². The maximum Gasteiger partial charge on any atom is 0.322 e. The SMILES string of the molecule is CC1SCC(C(=O)O)N1S(=O)(=O)c1cccc(Cl)c1Cl. The summed E-state index contributed by atoms with van der Waals surface area (Å²) in [7, 11) is -4.02. The van der Waals surface area contributed by atoms with Crippen LogP contribution in [0, 0.1) is 0 Å². The fourth-order valence-electron chi connectivity index (χ4n) is 1.97. The molecule has 20 heavy (non-hydrogen) atoms. The lowest BCUT2D eigenvalue weighted by Crippen LogP contribution is -2.44. The zero-order valence-corrected chi connectivity index (χ0v) is 13.4. The number of hydrogen-bond donors (Lipinski definition) is 1. The van der Waals surface area contributed by atoms with Gasteiger partial charge in [0.05, 0.1) is 15.4 Å². The van der Waals surface area contributed by atoms with Gasteiger partial charge in [-0.1, -0.05) is 29.3 Å². The quantitative estimate of drug-likeness (QED) is 0.901. The first-order chi connectivity index (χ1) is 9.26. The van der Waals surface area contributed by atoms with Crippen LogP contribution in [0.5, 0.6) is 0 Å². The van der Waals surface area contributed by atoms with Crippen LogP contribution in [0.3, 0.4) is 0 Å². The lowest BCUT2D eigenvalue weighted by atomic mass is 10.3. The standard InChI is InChI=1S/C11H11Cl2NO4S2/c1-6-14(8(5-19-6)11(15)16)20(17,18)9-4-2-3-7(12)10(9)13/h2-4,6,8H,5H2,1H3,(H,15,16). The van der Waals surface area contributed by atoms with Gasteiger partial charge in [-0.25, -0.2) is 8.42 Å². The number of carboxylic acids is 1. The normalized spacial score (nSPS) is 23.9. The molecule has 9 heteroatoms. The molecule has 1 aromatic rings. The molecular weight excluding hydrogens is 345 g/mol. The van der Waals surface area contributed by atoms with Gasteiger partial charge in [0.25, 0.3) is 0 Å². The van der Waals surface area contributed by atoms with Crippen molar-refractivity contribution in [3.8, 4) is 0 Å². The van der Waals surface area contributed by atoms with E-state index in [2.05, 4.69) is 0 Å². The first-order valence-electron chi connectivity index (χ1n) is 5.58. The van der Waals surface area contributed by atoms with E-state index in [1.54, 1.807) is 6.92 Å². The molecule has 0 aromatic heterocycles. The van der Waals surface area contributed by atoms with E-state index < -0.39 is 27.4 Å². The molecule has 1 saturated heterocycles. The zero-order valence-electron chi connectivity index (χ0n) is 10.3. The lowest BCUT2D eigenvalue weighted by molar-refractivity contribution is -0.140. The van der Waals surface area contributed by atoms with Gasteiger partial charge in [0.1, 0.15) is 10.9 Å². The van der Waals surface area contributed by atoms with E-state index in [0.29, 0.717) is 0 Å². The molecule has 1 N–H and O–H groups in total. The monoisotopic (exact) mass is 355 g/mol. The van der Waals surface area contributed by atoms with Crippen LogP contribution >= 0.6 is 35.0 Å². The molecule has 1 aliphatic rings. The highest BCUT2D eigenvalue weighted by atomic mass is 35.5. The van der Waals surface area contributed by atoms with E-state index in [4.69, 9.17) is 28.3 Å². The molecule has 0 bridgehead atoms. The molecule has 2 rings (SSSR count). The van der Waals surface area contributed by atoms with Crippen molar-refractivity contribution in [3.05, 3.63) is 28.2 Å². The summed E-state index contributed by atoms with van der Waals surface area (Å²) >= 11 is 13.0. The summed E-state index contributed by atoms with van der Waals surface area (Å²) in [5.74, 6) is -0.975. The lowest BCUT2D eigenvalue weighted by Gasteiger charge is -2.24. The number of sulfonamides is 1. The molecule has 5 nitrogen and oxygen atoms in total. The van der Waals surface area contributed by atoms with Crippen molar-refractivity contribution in [1.29, 1.82) is 0 Å². The number of halogens is 2. The van der Waals surface area contributed by atoms with Gasteiger partial charge < -0.3 is 5.11 Å². The fourth-order valence-corrected chi connectivity index (χ4v) is 6.00. The number of benzene rings is 1. The maximum absolute atomic E-state index is 12.6. The Labute approximate surface area is 130 Å². The molecule has 2 unspecified atom stereocenters. The minimum absolute atomic E-state index is 0.0950. The molecule has 0 saturated carbocycles. The van der Waals surface area contributed by atoms with Crippen LogP contribution in [-0.2, 0) is 14.8 Å². The van der Waals surface area contributed by atoms with Crippen molar-refractivity contribution < 1.29 is 18.3 Å². The second-order valence-electron chi connectivity index (χ2n) is 4.17. The highest BCUT2D eigenvalue weighted by molar-refractivity contribution is 8.01. The molecule has 2 atom stereocenters. The molecular formula is C11H11Cl2NO4S2. The Morgan fingerprint density at radius 2 is 2.10 bits per heavy atom. The molecule has 0 spiro atoms. The molecule has 1 aromatic carbocycles. The molecule has 1 aliphatic heterocycles. The van der Waals surface area contributed by atoms with E-state index in [1.165, 1.54) is 30.0 Å². The number of aliphatic carboxylic acids is 1. The summed E-state index contributed by atoms with van der Waals surface area (Å²) in [5.41, 5.74) is 0. The highest BCUT2D eigenvalue weighted by Crippen LogP contribution is 2.38. The van der Waals surface area contributed by atoms with Crippen molar-refractivity contribution in [2.24, 2.45) is 0 Å². The van der Waals surface area contributed by atoms with Gasteiger partial charge in [0.15, 0.2) is 0 Å². The van der Waals surface area contributed by atoms with Crippen molar-refractivity contribution in [2.45, 2.75) is 23.2 Å². The Bertz CT molecular complexity index is 650. The summed E-state index contributed by atoms with van der Waals surface area (Å²) in [5, 5.41) is 8.70. The molecule has 0 radical (unpaired) electrons. The van der Waals surface area contributed by atoms with E-state index in [1.807, 2.05) is 0 Å². The third-order valence-electron chi connectivity index (χ3n) is 2.92. The highest BCUT2D eigenvalue weighted by Gasteiger charge is 2.45. The second-order valence-corrected chi connectivity index (χ2v) is 8.12. The van der Waals surface area contributed by atoms with Crippen molar-refractivity contribution in [1.82, 2.24) is 4.31 Å². The van der Waals surface area contributed by atoms with Crippen LogP contribution in [0.4, 0.5) is 0 Å². The first kappa shape index (κ1) is 15.9. The molecule has 0 amide bonds. The van der Waals surface area contributed by atoms with Crippen molar-refractivity contribution in [3.63, 3.8) is 0 Å². The summed E-state index contributed by atoms with van der Waals surface area (Å²) in [4.78, 5) is 11.0. The Morgan fingerprint density at radius 1 is 1.45 bits per heavy atom. The smallest absolute Gasteiger partial charge is 0.322 e. The van der Waals surface area contributed by atoms with Crippen LogP contribution in [0.25, 0.3) is 0 Å². The van der Waals surface area contributed by atoms with E-state index in [9.17, 15) is 13.2 Å². The Balaban J connectivity index is 2.54. The van der Waals surface area contributed by atoms with Crippen LogP contribution in [0.2, 0.25) is 10.0 Å². The van der Waals surface area contributed by atoms with Gasteiger partial charge in [-0.3, -0.25) is 4.79 Å². The third-order valence-corrected chi connectivity index (χ3v) is 7.22. The van der Waals surface area contributed by atoms with Gasteiger partial charge >= 0.3 is 5.97 Å². The predicted molar refractivity (Wildman–Crippen MR) is 78.8 cm³/mol. The van der Waals surface area contributed by atoms with Crippen LogP contribution < -0.4 is 0 Å². The van der Waals surface area contributed by atoms with E-state index in [0.717, 1.165) is 4.31 Å². The number of nitrogens with zero attached hydrogens (tertiary/aromatic N) is 1. The largest absolute Gasteiger partial charge is 0.480 e. The van der Waals surface area contributed by atoms with Crippen molar-refractivity contribution >= 4 is 51.0 Å². The number of hydrogen-bond acceptors (Lipinski definition) is 4. The van der Waals surface area contributed by atoms with Gasteiger partial charge in [-0.2, -0.15) is 4.31 Å². The topological polar surface area (TPSA) is 74.7 Å². The number of carboxylic acid groups (broad SMARTS) is 1. The van der Waals surface area contributed by atoms with Crippen molar-refractivity contribution in [2.75, 3.05) is 5.75 Å². The molecule has 1 heterocycles. The number of rotatable bonds is 3. The number of thioether (sulfide) groups is 1. The van der Waals surface area contributed by atoms with Gasteiger partial charge in [0.2, 0.25) is 10.0 Å². The Hall–Kier alpha value is -0.470. The average molecular weight is 356 g/mol. The summed E-state index contributed by atoms with van der Waals surface area (Å²) in [6.07, 6.45) is 0. The van der Waals surface area contributed by atoms with Crippen LogP contribution in [0.15, 0.2) is 23.1 Å². The van der Waals surface area contributed by atoms with Gasteiger partial charge in [-0.15, -0.1) is 11.8 Å². The van der Waals surface area contributed by atoms with E-state index >= 15 is 0 Å². The fraction of sp³-hybridized carbons (Fsp3) is 0.364. The summed E-state index contributed by atoms with van der Waals surface area (Å²) in [6.45, 7) is 1.64. The minimum atomic E-state index is -4.02. The second kappa shape index (κ2) is 5.73. The maximum atomic E-state index is 12.6. The predicted octanol–water partition coefficient (Wildman–Crippen LogP) is 2.53. The molecule has 0 aliphatic carbocycles. The van der Waals surface area contributed by atoms with Gasteiger partial charge in [0, 0.05) is 5.75 Å². The Morgan fingerprint density at radius 3 is 2.70 bits per heavy atom. The molecule has 110 valence electrons. The van der Waals surface area contributed by atoms with Crippen LogP contribution in [-0.4, -0.2) is 41.0 Å². The zero-order chi connectivity index (χ0) is 15.1. The summed E-state index contributed by atoms with van der Waals surface area (Å²) in [6, 6.07) is 3.15. The minimum Gasteiger partial charge on any atom is -0.480 e. The third kappa shape index (κ3) is 2.65. The van der Waals surface area contributed by atoms with Crippen LogP contribution in [0.1, 0.15) is 6.92 Å². The molecule has 1 fully saturated rings. The number of carbonyl (C=O) groups is 1.